The van der Waals surface area contributed by atoms with E-state index in [0.717, 1.165) is 24.2 Å². The Morgan fingerprint density at radius 1 is 1.21 bits per heavy atom. The van der Waals surface area contributed by atoms with Gasteiger partial charge in [-0.25, -0.2) is 4.79 Å². The fourth-order valence-corrected chi connectivity index (χ4v) is 2.24. The standard InChI is InChI=1S/C16H20N4O4/c1-22-12-6-3-10(7-13(12)23-2)8-17-16(21)18-9-14-19-15(20-24-14)11-4-5-11/h3,6-7,11H,4-5,8-9H2,1-2H3,(H2,17,18,21). The highest BCUT2D eigenvalue weighted by atomic mass is 16.5. The number of nitrogens with zero attached hydrogens (tertiary/aromatic N) is 2. The molecule has 2 amide bonds. The lowest BCUT2D eigenvalue weighted by Crippen LogP contribution is -2.34. The van der Waals surface area contributed by atoms with Crippen LogP contribution in [0.4, 0.5) is 4.79 Å². The Hall–Kier alpha value is -2.77. The molecule has 24 heavy (non-hydrogen) atoms. The number of hydrogen-bond donors (Lipinski definition) is 2. The molecule has 1 aliphatic carbocycles. The maximum absolute atomic E-state index is 11.9. The molecule has 2 aromatic rings. The van der Waals surface area contributed by atoms with Crippen LogP contribution in [0, 0.1) is 0 Å². The average molecular weight is 332 g/mol. The van der Waals surface area contributed by atoms with Gasteiger partial charge in [-0.2, -0.15) is 4.98 Å². The first-order valence-corrected chi connectivity index (χ1v) is 7.74. The van der Waals surface area contributed by atoms with E-state index < -0.39 is 0 Å². The molecule has 0 atom stereocenters. The Bertz CT molecular complexity index is 712. The number of carbonyl (C=O) groups excluding carboxylic acids is 1. The first-order valence-electron chi connectivity index (χ1n) is 7.74. The Morgan fingerprint density at radius 3 is 2.67 bits per heavy atom. The smallest absolute Gasteiger partial charge is 0.315 e. The molecular formula is C16H20N4O4. The predicted octanol–water partition coefficient (Wildman–Crippen LogP) is 1.96. The molecule has 2 N–H and O–H groups in total. The Balaban J connectivity index is 1.46. The molecule has 0 unspecified atom stereocenters. The summed E-state index contributed by atoms with van der Waals surface area (Å²) in [6.07, 6.45) is 2.22. The summed E-state index contributed by atoms with van der Waals surface area (Å²) in [6.45, 7) is 0.570. The number of hydrogen-bond acceptors (Lipinski definition) is 6. The average Bonchev–Trinajstić information content (AvgIpc) is 3.36. The van der Waals surface area contributed by atoms with Crippen LogP contribution in [0.5, 0.6) is 11.5 Å². The number of amides is 2. The molecule has 1 saturated carbocycles. The van der Waals surface area contributed by atoms with Crippen LogP contribution in [0.2, 0.25) is 0 Å². The van der Waals surface area contributed by atoms with Crippen LogP contribution in [0.25, 0.3) is 0 Å². The van der Waals surface area contributed by atoms with Gasteiger partial charge in [0.15, 0.2) is 17.3 Å². The maximum Gasteiger partial charge on any atom is 0.315 e. The van der Waals surface area contributed by atoms with E-state index in [-0.39, 0.29) is 12.6 Å². The number of rotatable bonds is 7. The summed E-state index contributed by atoms with van der Waals surface area (Å²) in [6, 6.07) is 5.17. The topological polar surface area (TPSA) is 98.5 Å². The highest BCUT2D eigenvalue weighted by molar-refractivity contribution is 5.73. The van der Waals surface area contributed by atoms with Crippen LogP contribution in [-0.4, -0.2) is 30.4 Å². The molecule has 0 radical (unpaired) electrons. The molecule has 128 valence electrons. The molecule has 8 nitrogen and oxygen atoms in total. The van der Waals surface area contributed by atoms with Gasteiger partial charge in [-0.3, -0.25) is 0 Å². The molecule has 8 heteroatoms. The summed E-state index contributed by atoms with van der Waals surface area (Å²) in [4.78, 5) is 16.1. The lowest BCUT2D eigenvalue weighted by atomic mass is 10.2. The molecule has 1 aromatic carbocycles. The lowest BCUT2D eigenvalue weighted by Gasteiger charge is -2.10. The number of urea groups is 1. The van der Waals surface area contributed by atoms with Gasteiger partial charge in [0.25, 0.3) is 0 Å². The van der Waals surface area contributed by atoms with Crippen molar-refractivity contribution in [2.75, 3.05) is 14.2 Å². The number of benzene rings is 1. The van der Waals surface area contributed by atoms with Crippen LogP contribution in [0.15, 0.2) is 22.7 Å². The maximum atomic E-state index is 11.9. The van der Waals surface area contributed by atoms with Crippen molar-refractivity contribution in [3.8, 4) is 11.5 Å². The van der Waals surface area contributed by atoms with Gasteiger partial charge < -0.3 is 24.6 Å². The zero-order chi connectivity index (χ0) is 16.9. The fraction of sp³-hybridized carbons (Fsp3) is 0.438. The van der Waals surface area contributed by atoms with E-state index in [1.54, 1.807) is 20.3 Å². The third kappa shape index (κ3) is 3.95. The Morgan fingerprint density at radius 2 is 1.96 bits per heavy atom. The molecule has 0 spiro atoms. The molecule has 0 aliphatic heterocycles. The number of nitrogens with one attached hydrogen (secondary N) is 2. The van der Waals surface area contributed by atoms with Gasteiger partial charge in [-0.15, -0.1) is 0 Å². The van der Waals surface area contributed by atoms with E-state index >= 15 is 0 Å². The van der Waals surface area contributed by atoms with E-state index in [9.17, 15) is 4.79 Å². The van der Waals surface area contributed by atoms with Crippen LogP contribution in [0.3, 0.4) is 0 Å². The number of ether oxygens (including phenoxy) is 2. The van der Waals surface area contributed by atoms with Gasteiger partial charge in [0, 0.05) is 12.5 Å². The predicted molar refractivity (Wildman–Crippen MR) is 84.9 cm³/mol. The van der Waals surface area contributed by atoms with Gasteiger partial charge >= 0.3 is 6.03 Å². The monoisotopic (exact) mass is 332 g/mol. The summed E-state index contributed by atoms with van der Waals surface area (Å²) in [5.74, 6) is 2.85. The van der Waals surface area contributed by atoms with Crippen molar-refractivity contribution in [3.05, 3.63) is 35.5 Å². The van der Waals surface area contributed by atoms with Gasteiger partial charge in [-0.05, 0) is 30.5 Å². The van der Waals surface area contributed by atoms with E-state index in [1.807, 2.05) is 12.1 Å². The molecule has 1 aromatic heterocycles. The zero-order valence-corrected chi connectivity index (χ0v) is 13.7. The van der Waals surface area contributed by atoms with Crippen molar-refractivity contribution >= 4 is 6.03 Å². The van der Waals surface area contributed by atoms with Crippen LogP contribution in [-0.2, 0) is 13.1 Å². The molecule has 0 bridgehead atoms. The summed E-state index contributed by atoms with van der Waals surface area (Å²) < 4.78 is 15.5. The second kappa shape index (κ2) is 7.20. The van der Waals surface area contributed by atoms with E-state index in [1.165, 1.54) is 0 Å². The second-order valence-electron chi connectivity index (χ2n) is 5.55. The molecule has 1 aliphatic rings. The Labute approximate surface area is 139 Å². The first kappa shape index (κ1) is 16.1. The second-order valence-corrected chi connectivity index (χ2v) is 5.55. The zero-order valence-electron chi connectivity index (χ0n) is 13.7. The molecular weight excluding hydrogens is 312 g/mol. The van der Waals surface area contributed by atoms with Gasteiger partial charge in [0.2, 0.25) is 5.89 Å². The fourth-order valence-electron chi connectivity index (χ4n) is 2.24. The minimum Gasteiger partial charge on any atom is -0.493 e. The molecule has 1 heterocycles. The summed E-state index contributed by atoms with van der Waals surface area (Å²) in [7, 11) is 3.15. The van der Waals surface area contributed by atoms with Gasteiger partial charge in [0.05, 0.1) is 20.8 Å². The number of carbonyl (C=O) groups is 1. The lowest BCUT2D eigenvalue weighted by molar-refractivity contribution is 0.238. The molecule has 3 rings (SSSR count). The van der Waals surface area contributed by atoms with E-state index in [4.69, 9.17) is 14.0 Å². The van der Waals surface area contributed by atoms with Crippen molar-refractivity contribution < 1.29 is 18.8 Å². The van der Waals surface area contributed by atoms with Crippen LogP contribution >= 0.6 is 0 Å². The van der Waals surface area contributed by atoms with Crippen LogP contribution < -0.4 is 20.1 Å². The third-order valence-electron chi connectivity index (χ3n) is 3.73. The minimum atomic E-state index is -0.309. The third-order valence-corrected chi connectivity index (χ3v) is 3.73. The first-order chi connectivity index (χ1) is 11.7. The van der Waals surface area contributed by atoms with Crippen molar-refractivity contribution in [3.63, 3.8) is 0 Å². The highest BCUT2D eigenvalue weighted by Gasteiger charge is 2.28. The minimum absolute atomic E-state index is 0.206. The summed E-state index contributed by atoms with van der Waals surface area (Å²) in [5.41, 5.74) is 0.900. The quantitative estimate of drug-likeness (QED) is 0.804. The van der Waals surface area contributed by atoms with Gasteiger partial charge in [0.1, 0.15) is 0 Å². The Kier molecular flexibility index (Phi) is 4.83. The largest absolute Gasteiger partial charge is 0.493 e. The highest BCUT2D eigenvalue weighted by Crippen LogP contribution is 2.38. The number of methoxy groups -OCH3 is 2. The van der Waals surface area contributed by atoms with E-state index in [2.05, 4.69) is 20.8 Å². The SMILES string of the molecule is COc1ccc(CNC(=O)NCc2nc(C3CC3)no2)cc1OC. The van der Waals surface area contributed by atoms with Crippen molar-refractivity contribution in [2.45, 2.75) is 31.8 Å². The van der Waals surface area contributed by atoms with Gasteiger partial charge in [-0.1, -0.05) is 11.2 Å². The summed E-state index contributed by atoms with van der Waals surface area (Å²) in [5, 5.41) is 9.36. The van der Waals surface area contributed by atoms with Crippen molar-refractivity contribution in [2.24, 2.45) is 0 Å². The molecule has 0 saturated heterocycles. The van der Waals surface area contributed by atoms with Crippen molar-refractivity contribution in [1.82, 2.24) is 20.8 Å². The normalized spacial score (nSPS) is 13.4. The van der Waals surface area contributed by atoms with Crippen molar-refractivity contribution in [1.29, 1.82) is 0 Å². The molecule has 1 fully saturated rings. The van der Waals surface area contributed by atoms with E-state index in [0.29, 0.717) is 29.9 Å². The van der Waals surface area contributed by atoms with Crippen LogP contribution in [0.1, 0.15) is 36.0 Å². The number of aromatic nitrogens is 2. The summed E-state index contributed by atoms with van der Waals surface area (Å²) >= 11 is 0.